The van der Waals surface area contributed by atoms with Crippen LogP contribution in [0.15, 0.2) is 0 Å². The molecule has 6 heavy (non-hydrogen) atoms. The Labute approximate surface area is 46.2 Å². The van der Waals surface area contributed by atoms with Gasteiger partial charge in [0.05, 0.1) is 0 Å². The van der Waals surface area contributed by atoms with Crippen molar-refractivity contribution in [2.45, 2.75) is 0 Å². The third kappa shape index (κ3) is 1.42. The van der Waals surface area contributed by atoms with E-state index < -0.39 is 0 Å². The molecule has 0 aromatic carbocycles. The molecule has 0 aromatic rings. The van der Waals surface area contributed by atoms with Crippen LogP contribution < -0.4 is 0 Å². The quantitative estimate of drug-likeness (QED) is 0.332. The van der Waals surface area contributed by atoms with Gasteiger partial charge in [-0.2, -0.15) is 0 Å². The molecule has 0 aliphatic carbocycles. The van der Waals surface area contributed by atoms with Crippen molar-refractivity contribution in [1.82, 2.24) is 0 Å². The molecule has 0 saturated carbocycles. The second-order valence-corrected chi connectivity index (χ2v) is 1.80. The van der Waals surface area contributed by atoms with Crippen LogP contribution in [0.3, 0.4) is 0 Å². The fraction of sp³-hybridized carbons (Fsp3) is 0. The van der Waals surface area contributed by atoms with Crippen LogP contribution in [-0.2, 0) is 0 Å². The molecule has 6 heteroatoms. The highest BCUT2D eigenvalue weighted by Gasteiger charge is 2.01. The van der Waals surface area contributed by atoms with E-state index in [1.54, 1.807) is 11.5 Å². The zero-order valence-corrected chi connectivity index (χ0v) is 4.11. The standard InChI is InChI=1S/B5S/c1-2-4-6-5-3-1. The van der Waals surface area contributed by atoms with Crippen LogP contribution in [-0.4, -0.2) is 34.1 Å². The number of rotatable bonds is 0. The van der Waals surface area contributed by atoms with Crippen LogP contribution in [0.1, 0.15) is 0 Å². The Balaban J connectivity index is 2.00. The SMILES string of the molecule is [B]1[B][B]S[B][B]1. The fourth-order valence-electron chi connectivity index (χ4n) is 0.291. The number of hydrogen-bond donors (Lipinski definition) is 0. The highest BCUT2D eigenvalue weighted by molar-refractivity contribution is 8.49. The summed E-state index contributed by atoms with van der Waals surface area (Å²) in [5, 5.41) is 0. The first-order chi connectivity index (χ1) is 3.00. The van der Waals surface area contributed by atoms with Crippen molar-refractivity contribution < 1.29 is 0 Å². The largest absolute Gasteiger partial charge is 0.290 e. The van der Waals surface area contributed by atoms with E-state index in [0.717, 1.165) is 0 Å². The maximum atomic E-state index is 2.04. The summed E-state index contributed by atoms with van der Waals surface area (Å²) in [5.74, 6) is 0. The molecule has 0 amide bonds. The van der Waals surface area contributed by atoms with Crippen molar-refractivity contribution in [3.05, 3.63) is 0 Å². The molecule has 0 aromatic heterocycles. The van der Waals surface area contributed by atoms with Gasteiger partial charge in [-0.3, -0.25) is 11.5 Å². The Morgan fingerprint density at radius 2 is 1.50 bits per heavy atom. The van der Waals surface area contributed by atoms with E-state index in [1.807, 2.05) is 34.1 Å². The predicted octanol–water partition coefficient (Wildman–Crippen LogP) is -1.26. The second-order valence-electron chi connectivity index (χ2n) is 0.986. The van der Waals surface area contributed by atoms with E-state index in [0.29, 0.717) is 0 Å². The summed E-state index contributed by atoms with van der Waals surface area (Å²) >= 11 is 1.70. The van der Waals surface area contributed by atoms with E-state index in [-0.39, 0.29) is 0 Å². The van der Waals surface area contributed by atoms with Crippen LogP contribution in [0.25, 0.3) is 0 Å². The zero-order valence-electron chi connectivity index (χ0n) is 3.29. The van der Waals surface area contributed by atoms with Crippen LogP contribution in [0.2, 0.25) is 0 Å². The van der Waals surface area contributed by atoms with Gasteiger partial charge in [0.15, 0.2) is 0 Å². The van der Waals surface area contributed by atoms with Crippen molar-refractivity contribution in [1.29, 1.82) is 0 Å². The molecule has 0 bridgehead atoms. The minimum Gasteiger partial charge on any atom is -0.290 e. The van der Waals surface area contributed by atoms with Crippen LogP contribution >= 0.6 is 11.5 Å². The summed E-state index contributed by atoms with van der Waals surface area (Å²) in [7, 11) is 6.05. The van der Waals surface area contributed by atoms with Gasteiger partial charge in [0.1, 0.15) is 12.9 Å². The topological polar surface area (TPSA) is 0 Å². The van der Waals surface area contributed by atoms with E-state index in [1.165, 1.54) is 0 Å². The van der Waals surface area contributed by atoms with E-state index in [4.69, 9.17) is 0 Å². The van der Waals surface area contributed by atoms with Gasteiger partial charge in [0, 0.05) is 21.2 Å². The van der Waals surface area contributed by atoms with E-state index in [9.17, 15) is 0 Å². The summed E-state index contributed by atoms with van der Waals surface area (Å²) < 4.78 is 0. The average molecular weight is 86.1 g/mol. The monoisotopic (exact) mass is 87.0 g/mol. The lowest BCUT2D eigenvalue weighted by Crippen LogP contribution is -2.27. The van der Waals surface area contributed by atoms with Crippen molar-refractivity contribution in [2.75, 3.05) is 0 Å². The maximum absolute atomic E-state index is 2.04. The molecular formula is B5S. The highest BCUT2D eigenvalue weighted by Crippen LogP contribution is 1.91. The summed E-state index contributed by atoms with van der Waals surface area (Å²) in [4.78, 5) is 0. The van der Waals surface area contributed by atoms with Gasteiger partial charge in [-0.1, -0.05) is 0 Å². The Hall–Kier alpha value is 0.675. The smallest absolute Gasteiger partial charge is 0.118 e. The Bertz CT molecular complexity index is 19.4. The van der Waals surface area contributed by atoms with Crippen molar-refractivity contribution in [2.24, 2.45) is 0 Å². The molecule has 1 fully saturated rings. The molecule has 1 rings (SSSR count). The predicted molar refractivity (Wildman–Crippen MR) is 36.4 cm³/mol. The van der Waals surface area contributed by atoms with Crippen LogP contribution in [0.4, 0.5) is 0 Å². The maximum Gasteiger partial charge on any atom is 0.118 e. The minimum absolute atomic E-state index is 1.70. The Morgan fingerprint density at radius 1 is 0.833 bits per heavy atom. The molecule has 0 nitrogen and oxygen atoms in total. The molecule has 21 valence electrons. The average Bonchev–Trinajstić information content (AvgIpc) is 1.72. The van der Waals surface area contributed by atoms with Crippen molar-refractivity contribution >= 4 is 45.5 Å². The van der Waals surface area contributed by atoms with Gasteiger partial charge in [0.25, 0.3) is 0 Å². The molecule has 5 radical (unpaired) electrons. The van der Waals surface area contributed by atoms with Crippen LogP contribution in [0.5, 0.6) is 0 Å². The van der Waals surface area contributed by atoms with Gasteiger partial charge in [-0.25, -0.2) is 0 Å². The first kappa shape index (κ1) is 4.82. The van der Waals surface area contributed by atoms with Crippen LogP contribution in [0, 0.1) is 0 Å². The highest BCUT2D eigenvalue weighted by atomic mass is 32.2. The molecule has 1 heterocycles. The normalized spacial score (nSPS) is 17.3. The summed E-state index contributed by atoms with van der Waals surface area (Å²) in [5.41, 5.74) is 0. The second kappa shape index (κ2) is 2.78. The first-order valence-electron chi connectivity index (χ1n) is 1.80. The third-order valence-corrected chi connectivity index (χ3v) is 1.17. The third-order valence-electron chi connectivity index (χ3n) is 0.536. The molecule has 0 atom stereocenters. The molecule has 1 aliphatic rings. The molecule has 1 saturated heterocycles. The molecule has 0 unspecified atom stereocenters. The van der Waals surface area contributed by atoms with Crippen molar-refractivity contribution in [3.63, 3.8) is 0 Å². The lowest BCUT2D eigenvalue weighted by Gasteiger charge is -2.01. The van der Waals surface area contributed by atoms with Gasteiger partial charge in [-0.05, 0) is 0 Å². The lowest BCUT2D eigenvalue weighted by molar-refractivity contribution is 3.91. The Kier molecular flexibility index (Phi) is 2.24. The van der Waals surface area contributed by atoms with Gasteiger partial charge >= 0.3 is 0 Å². The summed E-state index contributed by atoms with van der Waals surface area (Å²) in [6.45, 7) is 0. The first-order valence-corrected chi connectivity index (χ1v) is 2.75. The summed E-state index contributed by atoms with van der Waals surface area (Å²) in [6.07, 6.45) is 4.08. The molecular weight excluding hydrogens is 86.1 g/mol. The van der Waals surface area contributed by atoms with E-state index in [2.05, 4.69) is 0 Å². The molecule has 0 spiro atoms. The lowest BCUT2D eigenvalue weighted by atomic mass is 9.07. The van der Waals surface area contributed by atoms with E-state index >= 15 is 0 Å². The zero-order chi connectivity index (χ0) is 4.24. The van der Waals surface area contributed by atoms with Gasteiger partial charge < -0.3 is 0 Å². The molecule has 0 N–H and O–H groups in total. The van der Waals surface area contributed by atoms with Crippen molar-refractivity contribution in [3.8, 4) is 0 Å². The van der Waals surface area contributed by atoms with Gasteiger partial charge in [0.2, 0.25) is 0 Å². The Morgan fingerprint density at radius 3 is 1.67 bits per heavy atom. The number of hydrogen-bond acceptors (Lipinski definition) is 1. The molecule has 1 aliphatic heterocycles. The summed E-state index contributed by atoms with van der Waals surface area (Å²) in [6, 6.07) is 0. The van der Waals surface area contributed by atoms with Gasteiger partial charge in [-0.15, -0.1) is 0 Å². The minimum atomic E-state index is 1.70. The fourth-order valence-corrected chi connectivity index (χ4v) is 0.745.